The number of anilines is 1. The van der Waals surface area contributed by atoms with Crippen molar-refractivity contribution in [3.63, 3.8) is 0 Å². The zero-order valence-electron chi connectivity index (χ0n) is 11.9. The first-order chi connectivity index (χ1) is 8.99. The van der Waals surface area contributed by atoms with Gasteiger partial charge >= 0.3 is 0 Å². The SMILES string of the molecule is Cc1ccc(NC(=O)C(C)NCCCC(C)O)cc1. The van der Waals surface area contributed by atoms with Crippen LogP contribution in [0.15, 0.2) is 24.3 Å². The molecule has 2 unspecified atom stereocenters. The van der Waals surface area contributed by atoms with Crippen LogP contribution >= 0.6 is 0 Å². The summed E-state index contributed by atoms with van der Waals surface area (Å²) in [5.41, 5.74) is 1.98. The first kappa shape index (κ1) is 15.7. The van der Waals surface area contributed by atoms with Crippen LogP contribution in [0, 0.1) is 6.92 Å². The number of aliphatic hydroxyl groups excluding tert-OH is 1. The number of carbonyl (C=O) groups is 1. The average molecular weight is 264 g/mol. The summed E-state index contributed by atoms with van der Waals surface area (Å²) in [6.45, 7) is 6.35. The smallest absolute Gasteiger partial charge is 0.241 e. The largest absolute Gasteiger partial charge is 0.393 e. The van der Waals surface area contributed by atoms with E-state index in [0.717, 1.165) is 25.1 Å². The van der Waals surface area contributed by atoms with Crippen molar-refractivity contribution in [1.29, 1.82) is 0 Å². The lowest BCUT2D eigenvalue weighted by atomic mass is 10.2. The molecule has 4 nitrogen and oxygen atoms in total. The molecule has 1 aromatic rings. The number of benzene rings is 1. The summed E-state index contributed by atoms with van der Waals surface area (Å²) in [6.07, 6.45) is 1.33. The van der Waals surface area contributed by atoms with Crippen LogP contribution in [0.5, 0.6) is 0 Å². The van der Waals surface area contributed by atoms with Crippen LogP contribution in [0.1, 0.15) is 32.3 Å². The lowest BCUT2D eigenvalue weighted by Crippen LogP contribution is -2.38. The Labute approximate surface area is 115 Å². The van der Waals surface area contributed by atoms with E-state index in [2.05, 4.69) is 10.6 Å². The fraction of sp³-hybridized carbons (Fsp3) is 0.533. The predicted octanol–water partition coefficient (Wildman–Crippen LogP) is 2.07. The molecule has 0 aromatic heterocycles. The maximum Gasteiger partial charge on any atom is 0.241 e. The molecule has 0 saturated carbocycles. The van der Waals surface area contributed by atoms with Gasteiger partial charge < -0.3 is 15.7 Å². The van der Waals surface area contributed by atoms with Crippen LogP contribution in [0.2, 0.25) is 0 Å². The highest BCUT2D eigenvalue weighted by Crippen LogP contribution is 2.08. The van der Waals surface area contributed by atoms with Gasteiger partial charge in [-0.3, -0.25) is 4.79 Å². The maximum atomic E-state index is 11.9. The summed E-state index contributed by atoms with van der Waals surface area (Å²) in [5, 5.41) is 15.2. The van der Waals surface area contributed by atoms with Crippen LogP contribution in [-0.4, -0.2) is 29.7 Å². The first-order valence-electron chi connectivity index (χ1n) is 6.78. The zero-order chi connectivity index (χ0) is 14.3. The number of hydrogen-bond acceptors (Lipinski definition) is 3. The molecule has 106 valence electrons. The van der Waals surface area contributed by atoms with Gasteiger partial charge in [0.1, 0.15) is 0 Å². The summed E-state index contributed by atoms with van der Waals surface area (Å²) in [7, 11) is 0. The molecule has 0 heterocycles. The molecular weight excluding hydrogens is 240 g/mol. The van der Waals surface area contributed by atoms with Gasteiger partial charge in [0.25, 0.3) is 0 Å². The van der Waals surface area contributed by atoms with E-state index in [1.165, 1.54) is 5.56 Å². The topological polar surface area (TPSA) is 61.4 Å². The Morgan fingerprint density at radius 1 is 1.26 bits per heavy atom. The molecule has 0 aliphatic carbocycles. The van der Waals surface area contributed by atoms with E-state index in [1.807, 2.05) is 38.1 Å². The lowest BCUT2D eigenvalue weighted by Gasteiger charge is -2.14. The number of nitrogens with one attached hydrogen (secondary N) is 2. The van der Waals surface area contributed by atoms with Gasteiger partial charge in [-0.1, -0.05) is 17.7 Å². The van der Waals surface area contributed by atoms with Gasteiger partial charge in [0, 0.05) is 5.69 Å². The van der Waals surface area contributed by atoms with Crippen molar-refractivity contribution in [1.82, 2.24) is 5.32 Å². The van der Waals surface area contributed by atoms with E-state index in [4.69, 9.17) is 5.11 Å². The van der Waals surface area contributed by atoms with Gasteiger partial charge in [0.05, 0.1) is 12.1 Å². The van der Waals surface area contributed by atoms with Gasteiger partial charge in [0.2, 0.25) is 5.91 Å². The second-order valence-electron chi connectivity index (χ2n) is 5.02. The Morgan fingerprint density at radius 3 is 2.47 bits per heavy atom. The second-order valence-corrected chi connectivity index (χ2v) is 5.02. The lowest BCUT2D eigenvalue weighted by molar-refractivity contribution is -0.117. The van der Waals surface area contributed by atoms with Crippen LogP contribution in [0.3, 0.4) is 0 Å². The molecule has 0 saturated heterocycles. The van der Waals surface area contributed by atoms with E-state index in [0.29, 0.717) is 0 Å². The molecule has 1 aromatic carbocycles. The number of rotatable bonds is 7. The van der Waals surface area contributed by atoms with Crippen molar-refractivity contribution in [2.24, 2.45) is 0 Å². The van der Waals surface area contributed by atoms with Crippen molar-refractivity contribution < 1.29 is 9.90 Å². The van der Waals surface area contributed by atoms with Crippen molar-refractivity contribution in [2.75, 3.05) is 11.9 Å². The summed E-state index contributed by atoms with van der Waals surface area (Å²) in [5.74, 6) is -0.0408. The fourth-order valence-electron chi connectivity index (χ4n) is 1.70. The van der Waals surface area contributed by atoms with Gasteiger partial charge in [-0.25, -0.2) is 0 Å². The van der Waals surface area contributed by atoms with Crippen LogP contribution in [0.25, 0.3) is 0 Å². The van der Waals surface area contributed by atoms with Gasteiger partial charge in [-0.2, -0.15) is 0 Å². The molecule has 3 N–H and O–H groups in total. The van der Waals surface area contributed by atoms with E-state index < -0.39 is 0 Å². The fourth-order valence-corrected chi connectivity index (χ4v) is 1.70. The van der Waals surface area contributed by atoms with Gasteiger partial charge in [-0.15, -0.1) is 0 Å². The molecule has 0 bridgehead atoms. The van der Waals surface area contributed by atoms with Crippen molar-refractivity contribution >= 4 is 11.6 Å². The minimum atomic E-state index is -0.279. The van der Waals surface area contributed by atoms with Gasteiger partial charge in [-0.05, 0) is 52.3 Å². The molecule has 4 heteroatoms. The molecule has 1 amide bonds. The number of aliphatic hydroxyl groups is 1. The summed E-state index contributed by atoms with van der Waals surface area (Å²) in [4.78, 5) is 11.9. The van der Waals surface area contributed by atoms with Crippen molar-refractivity contribution in [3.05, 3.63) is 29.8 Å². The van der Waals surface area contributed by atoms with E-state index in [-0.39, 0.29) is 18.1 Å². The minimum Gasteiger partial charge on any atom is -0.393 e. The third kappa shape index (κ3) is 6.36. The normalized spacial score (nSPS) is 13.9. The monoisotopic (exact) mass is 264 g/mol. The predicted molar refractivity (Wildman–Crippen MR) is 78.2 cm³/mol. The van der Waals surface area contributed by atoms with Crippen LogP contribution in [-0.2, 0) is 4.79 Å². The van der Waals surface area contributed by atoms with E-state index in [9.17, 15) is 4.79 Å². The number of aryl methyl sites for hydroxylation is 1. The van der Waals surface area contributed by atoms with E-state index >= 15 is 0 Å². The molecule has 0 aliphatic heterocycles. The third-order valence-corrected chi connectivity index (χ3v) is 2.96. The quantitative estimate of drug-likeness (QED) is 0.661. The third-order valence-electron chi connectivity index (χ3n) is 2.96. The summed E-state index contributed by atoms with van der Waals surface area (Å²) < 4.78 is 0. The van der Waals surface area contributed by atoms with Crippen LogP contribution in [0.4, 0.5) is 5.69 Å². The first-order valence-corrected chi connectivity index (χ1v) is 6.78. The minimum absolute atomic E-state index is 0.0408. The molecule has 0 fully saturated rings. The van der Waals surface area contributed by atoms with Crippen LogP contribution < -0.4 is 10.6 Å². The molecule has 1 rings (SSSR count). The molecule has 0 radical (unpaired) electrons. The zero-order valence-corrected chi connectivity index (χ0v) is 11.9. The Morgan fingerprint density at radius 2 is 1.89 bits per heavy atom. The average Bonchev–Trinajstić information content (AvgIpc) is 2.36. The standard InChI is InChI=1S/C15H24N2O2/c1-11-6-8-14(9-7-11)17-15(19)13(3)16-10-4-5-12(2)18/h6-9,12-13,16,18H,4-5,10H2,1-3H3,(H,17,19). The molecular formula is C15H24N2O2. The van der Waals surface area contributed by atoms with Crippen molar-refractivity contribution in [2.45, 2.75) is 45.8 Å². The molecule has 0 spiro atoms. The summed E-state index contributed by atoms with van der Waals surface area (Å²) in [6, 6.07) is 7.49. The summed E-state index contributed by atoms with van der Waals surface area (Å²) >= 11 is 0. The second kappa shape index (κ2) is 7.92. The van der Waals surface area contributed by atoms with Crippen molar-refractivity contribution in [3.8, 4) is 0 Å². The Bertz CT molecular complexity index is 388. The van der Waals surface area contributed by atoms with E-state index in [1.54, 1.807) is 6.92 Å². The maximum absolute atomic E-state index is 11.9. The highest BCUT2D eigenvalue weighted by Gasteiger charge is 2.11. The highest BCUT2D eigenvalue weighted by molar-refractivity contribution is 5.94. The number of amides is 1. The molecule has 2 atom stereocenters. The highest BCUT2D eigenvalue weighted by atomic mass is 16.3. The molecule has 0 aliphatic rings. The Balaban J connectivity index is 2.30. The Hall–Kier alpha value is -1.39. The molecule has 19 heavy (non-hydrogen) atoms. The number of hydrogen-bond donors (Lipinski definition) is 3. The Kier molecular flexibility index (Phi) is 6.53. The van der Waals surface area contributed by atoms with Gasteiger partial charge in [0.15, 0.2) is 0 Å². The number of carbonyl (C=O) groups excluding carboxylic acids is 1.